The Morgan fingerprint density at radius 1 is 1.21 bits per heavy atom. The summed E-state index contributed by atoms with van der Waals surface area (Å²) in [6, 6.07) is 12.8. The Labute approximate surface area is 141 Å². The summed E-state index contributed by atoms with van der Waals surface area (Å²) in [6.45, 7) is 0.483. The average molecular weight is 340 g/mol. The van der Waals surface area contributed by atoms with Gasteiger partial charge in [-0.2, -0.15) is 0 Å². The molecule has 0 saturated heterocycles. The Morgan fingerprint density at radius 2 is 2.04 bits per heavy atom. The molecule has 2 N–H and O–H groups in total. The summed E-state index contributed by atoms with van der Waals surface area (Å²) in [4.78, 5) is 4.30. The fourth-order valence-electron chi connectivity index (χ4n) is 2.41. The summed E-state index contributed by atoms with van der Waals surface area (Å²) in [7, 11) is -3.31. The van der Waals surface area contributed by atoms with Gasteiger partial charge >= 0.3 is 0 Å². The first-order chi connectivity index (χ1) is 11.4. The molecule has 1 aliphatic rings. The lowest BCUT2D eigenvalue weighted by Crippen LogP contribution is -2.31. The van der Waals surface area contributed by atoms with Crippen LogP contribution < -0.4 is 15.2 Å². The van der Waals surface area contributed by atoms with Crippen LogP contribution in [0.2, 0.25) is 0 Å². The lowest BCUT2D eigenvalue weighted by atomic mass is 10.1. The van der Waals surface area contributed by atoms with Crippen molar-refractivity contribution in [2.24, 2.45) is 4.99 Å². The molecule has 0 saturated carbocycles. The number of hydrogen-bond donors (Lipinski definition) is 2. The zero-order chi connectivity index (χ0) is 17.2. The molecule has 0 aliphatic carbocycles. The molecule has 6 nitrogen and oxygen atoms in total. The molecular formula is C17H16N4O2S. The number of hydrogen-bond acceptors (Lipinski definition) is 5. The summed E-state index contributed by atoms with van der Waals surface area (Å²) >= 11 is 0. The Balaban J connectivity index is 1.86. The first kappa shape index (κ1) is 15.9. The van der Waals surface area contributed by atoms with Crippen LogP contribution >= 0.6 is 0 Å². The molecule has 1 heterocycles. The van der Waals surface area contributed by atoms with Crippen molar-refractivity contribution < 1.29 is 8.42 Å². The second-order valence-corrected chi connectivity index (χ2v) is 7.13. The molecule has 0 spiro atoms. The highest BCUT2D eigenvalue weighted by Crippen LogP contribution is 2.28. The van der Waals surface area contributed by atoms with Crippen LogP contribution in [0.4, 0.5) is 17.1 Å². The summed E-state index contributed by atoms with van der Waals surface area (Å²) < 4.78 is 25.2. The second-order valence-electron chi connectivity index (χ2n) is 5.38. The van der Waals surface area contributed by atoms with Crippen LogP contribution in [-0.2, 0) is 16.6 Å². The highest BCUT2D eigenvalue weighted by Gasteiger charge is 2.15. The third-order valence-electron chi connectivity index (χ3n) is 3.38. The monoisotopic (exact) mass is 340 g/mol. The third-order valence-corrected chi connectivity index (χ3v) is 3.99. The van der Waals surface area contributed by atoms with Gasteiger partial charge in [-0.3, -0.25) is 15.1 Å². The van der Waals surface area contributed by atoms with Crippen molar-refractivity contribution in [3.05, 3.63) is 53.6 Å². The lowest BCUT2D eigenvalue weighted by molar-refractivity contribution is 0.607. The van der Waals surface area contributed by atoms with E-state index in [2.05, 4.69) is 21.1 Å². The number of benzene rings is 2. The number of anilines is 3. The van der Waals surface area contributed by atoms with E-state index in [1.807, 2.05) is 30.3 Å². The molecular weight excluding hydrogens is 324 g/mol. The van der Waals surface area contributed by atoms with E-state index in [0.29, 0.717) is 12.2 Å². The summed E-state index contributed by atoms with van der Waals surface area (Å²) in [5.74, 6) is 2.60. The Bertz CT molecular complexity index is 945. The van der Waals surface area contributed by atoms with Gasteiger partial charge in [0.05, 0.1) is 24.2 Å². The van der Waals surface area contributed by atoms with Gasteiger partial charge in [-0.25, -0.2) is 13.4 Å². The van der Waals surface area contributed by atoms with E-state index < -0.39 is 10.0 Å². The largest absolute Gasteiger partial charge is 0.293 e. The van der Waals surface area contributed by atoms with Crippen molar-refractivity contribution in [3.63, 3.8) is 0 Å². The zero-order valence-corrected chi connectivity index (χ0v) is 13.8. The Kier molecular flexibility index (Phi) is 4.15. The van der Waals surface area contributed by atoms with Crippen LogP contribution in [0.25, 0.3) is 0 Å². The first-order valence-corrected chi connectivity index (χ1v) is 9.07. The molecule has 0 aromatic heterocycles. The zero-order valence-electron chi connectivity index (χ0n) is 13.0. The number of terminal acetylenes is 1. The fourth-order valence-corrected chi connectivity index (χ4v) is 2.97. The molecule has 0 fully saturated rings. The van der Waals surface area contributed by atoms with Crippen molar-refractivity contribution in [1.82, 2.24) is 0 Å². The van der Waals surface area contributed by atoms with E-state index in [1.54, 1.807) is 23.5 Å². The number of aliphatic imine (C=N–C) groups is 1. The molecule has 0 amide bonds. The molecule has 3 rings (SSSR count). The minimum absolute atomic E-state index is 0.483. The van der Waals surface area contributed by atoms with Gasteiger partial charge < -0.3 is 0 Å². The molecule has 7 heteroatoms. The maximum Gasteiger partial charge on any atom is 0.229 e. The van der Waals surface area contributed by atoms with Crippen molar-refractivity contribution in [1.29, 1.82) is 0 Å². The van der Waals surface area contributed by atoms with E-state index >= 15 is 0 Å². The third kappa shape index (κ3) is 3.67. The van der Waals surface area contributed by atoms with E-state index in [9.17, 15) is 8.42 Å². The van der Waals surface area contributed by atoms with Gasteiger partial charge in [-0.05, 0) is 36.4 Å². The number of sulfonamides is 1. The topological polar surface area (TPSA) is 73.8 Å². The van der Waals surface area contributed by atoms with E-state index in [-0.39, 0.29) is 0 Å². The Morgan fingerprint density at radius 3 is 2.79 bits per heavy atom. The van der Waals surface area contributed by atoms with Crippen LogP contribution in [0, 0.1) is 12.3 Å². The van der Waals surface area contributed by atoms with Gasteiger partial charge in [0.15, 0.2) is 0 Å². The molecule has 24 heavy (non-hydrogen) atoms. The minimum atomic E-state index is -3.31. The number of nitrogens with one attached hydrogen (secondary N) is 2. The lowest BCUT2D eigenvalue weighted by Gasteiger charge is -2.27. The average Bonchev–Trinajstić information content (AvgIpc) is 2.53. The first-order valence-electron chi connectivity index (χ1n) is 7.18. The second kappa shape index (κ2) is 6.26. The molecule has 1 aliphatic heterocycles. The number of rotatable bonds is 4. The summed E-state index contributed by atoms with van der Waals surface area (Å²) in [5, 5.41) is 1.78. The number of nitrogens with zero attached hydrogens (tertiary/aromatic N) is 2. The van der Waals surface area contributed by atoms with Crippen LogP contribution in [0.15, 0.2) is 47.5 Å². The van der Waals surface area contributed by atoms with E-state index in [0.717, 1.165) is 28.8 Å². The van der Waals surface area contributed by atoms with Gasteiger partial charge in [0.1, 0.15) is 6.34 Å². The molecule has 0 atom stereocenters. The highest BCUT2D eigenvalue weighted by molar-refractivity contribution is 7.92. The van der Waals surface area contributed by atoms with Crippen molar-refractivity contribution in [2.45, 2.75) is 6.54 Å². The van der Waals surface area contributed by atoms with Crippen LogP contribution in [0.1, 0.15) is 11.1 Å². The SMILES string of the molecule is C#Cc1cccc(NN2C=NCc3cc(NS(C)(=O)=O)ccc32)c1. The molecule has 0 bridgehead atoms. The fraction of sp³-hybridized carbons (Fsp3) is 0.118. The van der Waals surface area contributed by atoms with Gasteiger partial charge in [0.2, 0.25) is 10.0 Å². The minimum Gasteiger partial charge on any atom is -0.293 e. The van der Waals surface area contributed by atoms with E-state index in [4.69, 9.17) is 6.42 Å². The molecule has 122 valence electrons. The molecule has 0 radical (unpaired) electrons. The summed E-state index contributed by atoms with van der Waals surface area (Å²) in [5.41, 5.74) is 7.17. The van der Waals surface area contributed by atoms with Crippen molar-refractivity contribution in [3.8, 4) is 12.3 Å². The molecule has 0 unspecified atom stereocenters. The van der Waals surface area contributed by atoms with Gasteiger partial charge in [-0.15, -0.1) is 6.42 Å². The van der Waals surface area contributed by atoms with Crippen LogP contribution in [0.5, 0.6) is 0 Å². The Hall–Kier alpha value is -2.98. The number of hydrazine groups is 1. The quantitative estimate of drug-likeness (QED) is 0.838. The molecule has 2 aromatic carbocycles. The van der Waals surface area contributed by atoms with Crippen LogP contribution in [-0.4, -0.2) is 21.0 Å². The summed E-state index contributed by atoms with van der Waals surface area (Å²) in [6.07, 6.45) is 8.23. The van der Waals surface area contributed by atoms with Crippen LogP contribution in [0.3, 0.4) is 0 Å². The molecule has 2 aromatic rings. The van der Waals surface area contributed by atoms with Gasteiger partial charge in [-0.1, -0.05) is 12.0 Å². The van der Waals surface area contributed by atoms with E-state index in [1.165, 1.54) is 0 Å². The van der Waals surface area contributed by atoms with Crippen molar-refractivity contribution in [2.75, 3.05) is 21.4 Å². The predicted molar refractivity (Wildman–Crippen MR) is 97.6 cm³/mol. The van der Waals surface area contributed by atoms with Gasteiger partial charge in [0.25, 0.3) is 0 Å². The van der Waals surface area contributed by atoms with Crippen molar-refractivity contribution >= 4 is 33.4 Å². The standard InChI is InChI=1S/C17H16N4O2S/c1-3-13-5-4-6-15(9-13)19-21-12-18-11-14-10-16(7-8-17(14)21)20-24(2,22)23/h1,4-10,12,19-20H,11H2,2H3. The van der Waals surface area contributed by atoms with Gasteiger partial charge in [0, 0.05) is 16.8 Å². The predicted octanol–water partition coefficient (Wildman–Crippen LogP) is 2.41. The normalized spacial score (nSPS) is 13.1. The highest BCUT2D eigenvalue weighted by atomic mass is 32.2. The number of fused-ring (bicyclic) bond motifs is 1. The smallest absolute Gasteiger partial charge is 0.229 e. The maximum atomic E-state index is 11.4. The maximum absolute atomic E-state index is 11.4.